The van der Waals surface area contributed by atoms with Crippen LogP contribution in [0.4, 0.5) is 0 Å². The lowest BCUT2D eigenvalue weighted by Crippen LogP contribution is -2.30. The van der Waals surface area contributed by atoms with Crippen LogP contribution >= 0.6 is 0 Å². The molecule has 0 saturated heterocycles. The van der Waals surface area contributed by atoms with Gasteiger partial charge in [0.15, 0.2) is 6.10 Å². The Bertz CT molecular complexity index is 1150. The molecule has 0 rings (SSSR count). The quantitative estimate of drug-likeness (QED) is 0.0199. The standard InChI is InChI=1S/C57H100O6/c1-4-7-10-13-16-19-22-24-26-28-29-30-32-33-35-38-41-44-47-50-56(59)62-53-54(52-61-55(58)49-46-43-40-37-21-18-15-12-9-6-3)63-57(60)51-48-45-42-39-36-34-31-27-25-23-20-17-14-11-8-5-2/h15-16,18-19,22,24,27,31,34,36,54H,4-14,17,20-21,23,25-26,28-30,32-33,35,37-53H2,1-3H3/b18-15-,19-16-,24-22-,31-27-,36-34-. The van der Waals surface area contributed by atoms with Crippen LogP contribution < -0.4 is 0 Å². The fourth-order valence-corrected chi connectivity index (χ4v) is 7.40. The van der Waals surface area contributed by atoms with Crippen molar-refractivity contribution in [2.45, 2.75) is 271 Å². The van der Waals surface area contributed by atoms with Crippen molar-refractivity contribution >= 4 is 17.9 Å². The maximum absolute atomic E-state index is 12.8. The second-order valence-electron chi connectivity index (χ2n) is 17.8. The lowest BCUT2D eigenvalue weighted by molar-refractivity contribution is -0.167. The third-order valence-corrected chi connectivity index (χ3v) is 11.5. The summed E-state index contributed by atoms with van der Waals surface area (Å²) in [6.45, 7) is 6.54. The molecule has 1 unspecified atom stereocenters. The summed E-state index contributed by atoms with van der Waals surface area (Å²) in [6, 6.07) is 0. The van der Waals surface area contributed by atoms with E-state index in [4.69, 9.17) is 14.2 Å². The Labute approximate surface area is 390 Å². The summed E-state index contributed by atoms with van der Waals surface area (Å²) >= 11 is 0. The number of carbonyl (C=O) groups excluding carboxylic acids is 3. The van der Waals surface area contributed by atoms with E-state index in [0.717, 1.165) is 89.9 Å². The van der Waals surface area contributed by atoms with Gasteiger partial charge in [-0.25, -0.2) is 0 Å². The van der Waals surface area contributed by atoms with Gasteiger partial charge in [0.25, 0.3) is 0 Å². The van der Waals surface area contributed by atoms with Gasteiger partial charge in [-0.2, -0.15) is 0 Å². The first-order chi connectivity index (χ1) is 31.0. The van der Waals surface area contributed by atoms with Crippen LogP contribution in [0.15, 0.2) is 60.8 Å². The minimum atomic E-state index is -0.792. The molecule has 0 aliphatic heterocycles. The van der Waals surface area contributed by atoms with Gasteiger partial charge >= 0.3 is 17.9 Å². The maximum atomic E-state index is 12.8. The monoisotopic (exact) mass is 881 g/mol. The molecule has 364 valence electrons. The number of hydrogen-bond acceptors (Lipinski definition) is 6. The third-order valence-electron chi connectivity index (χ3n) is 11.5. The maximum Gasteiger partial charge on any atom is 0.306 e. The smallest absolute Gasteiger partial charge is 0.306 e. The normalized spacial score (nSPS) is 12.5. The highest BCUT2D eigenvalue weighted by atomic mass is 16.6. The zero-order valence-corrected chi connectivity index (χ0v) is 41.6. The number of rotatable bonds is 48. The molecule has 0 aromatic heterocycles. The molecule has 6 nitrogen and oxygen atoms in total. The highest BCUT2D eigenvalue weighted by molar-refractivity contribution is 5.71. The lowest BCUT2D eigenvalue weighted by atomic mass is 10.1. The molecule has 0 spiro atoms. The van der Waals surface area contributed by atoms with Crippen LogP contribution in [0.3, 0.4) is 0 Å². The number of carbonyl (C=O) groups is 3. The molecule has 0 N–H and O–H groups in total. The minimum absolute atomic E-state index is 0.0899. The molecule has 0 bridgehead atoms. The van der Waals surface area contributed by atoms with E-state index in [-0.39, 0.29) is 31.1 Å². The molecular formula is C57H100O6. The summed E-state index contributed by atoms with van der Waals surface area (Å²) in [4.78, 5) is 37.9. The predicted octanol–water partition coefficient (Wildman–Crippen LogP) is 17.6. The second kappa shape index (κ2) is 51.7. The zero-order valence-electron chi connectivity index (χ0n) is 41.6. The van der Waals surface area contributed by atoms with Crippen molar-refractivity contribution in [3.8, 4) is 0 Å². The van der Waals surface area contributed by atoms with Gasteiger partial charge in [-0.15, -0.1) is 0 Å². The number of esters is 3. The highest BCUT2D eigenvalue weighted by Gasteiger charge is 2.19. The molecule has 63 heavy (non-hydrogen) atoms. The number of hydrogen-bond donors (Lipinski definition) is 0. The van der Waals surface area contributed by atoms with Gasteiger partial charge in [-0.05, 0) is 89.9 Å². The Morgan fingerprint density at radius 1 is 0.317 bits per heavy atom. The van der Waals surface area contributed by atoms with E-state index in [1.165, 1.54) is 135 Å². The number of ether oxygens (including phenoxy) is 3. The van der Waals surface area contributed by atoms with Crippen LogP contribution in [0.25, 0.3) is 0 Å². The third kappa shape index (κ3) is 50.0. The number of allylic oxidation sites excluding steroid dienone is 10. The summed E-state index contributed by atoms with van der Waals surface area (Å²) in [5.74, 6) is -0.929. The first-order valence-electron chi connectivity index (χ1n) is 26.8. The van der Waals surface area contributed by atoms with Gasteiger partial charge in [0, 0.05) is 19.3 Å². The zero-order chi connectivity index (χ0) is 45.8. The summed E-state index contributed by atoms with van der Waals surface area (Å²) in [5.41, 5.74) is 0. The van der Waals surface area contributed by atoms with Gasteiger partial charge < -0.3 is 14.2 Å². The van der Waals surface area contributed by atoms with Crippen molar-refractivity contribution in [1.29, 1.82) is 0 Å². The van der Waals surface area contributed by atoms with Crippen molar-refractivity contribution < 1.29 is 28.6 Å². The molecule has 1 atom stereocenters. The topological polar surface area (TPSA) is 78.9 Å². The van der Waals surface area contributed by atoms with E-state index in [1.54, 1.807) is 0 Å². The molecule has 0 aliphatic carbocycles. The molecule has 6 heteroatoms. The average molecular weight is 881 g/mol. The van der Waals surface area contributed by atoms with Gasteiger partial charge in [0.05, 0.1) is 0 Å². The molecular weight excluding hydrogens is 781 g/mol. The Hall–Kier alpha value is -2.89. The van der Waals surface area contributed by atoms with Crippen LogP contribution in [0.5, 0.6) is 0 Å². The Morgan fingerprint density at radius 3 is 0.984 bits per heavy atom. The Morgan fingerprint density at radius 2 is 0.587 bits per heavy atom. The van der Waals surface area contributed by atoms with Crippen LogP contribution in [0.2, 0.25) is 0 Å². The van der Waals surface area contributed by atoms with Gasteiger partial charge in [0.2, 0.25) is 0 Å². The molecule has 0 aliphatic rings. The van der Waals surface area contributed by atoms with Gasteiger partial charge in [-0.3, -0.25) is 14.4 Å². The van der Waals surface area contributed by atoms with Crippen LogP contribution in [0, 0.1) is 0 Å². The van der Waals surface area contributed by atoms with Crippen molar-refractivity contribution in [2.24, 2.45) is 0 Å². The van der Waals surface area contributed by atoms with Gasteiger partial charge in [-0.1, -0.05) is 216 Å². The largest absolute Gasteiger partial charge is 0.462 e. The summed E-state index contributed by atoms with van der Waals surface area (Å²) in [7, 11) is 0. The molecule has 0 amide bonds. The van der Waals surface area contributed by atoms with Crippen molar-refractivity contribution in [1.82, 2.24) is 0 Å². The molecule has 0 saturated carbocycles. The van der Waals surface area contributed by atoms with Crippen molar-refractivity contribution in [3.63, 3.8) is 0 Å². The summed E-state index contributed by atoms with van der Waals surface area (Å²) < 4.78 is 16.8. The van der Waals surface area contributed by atoms with Crippen molar-refractivity contribution in [2.75, 3.05) is 13.2 Å². The van der Waals surface area contributed by atoms with E-state index >= 15 is 0 Å². The fourth-order valence-electron chi connectivity index (χ4n) is 7.40. The van der Waals surface area contributed by atoms with Gasteiger partial charge in [0.1, 0.15) is 13.2 Å². The Balaban J connectivity index is 4.37. The fraction of sp³-hybridized carbons (Fsp3) is 0.772. The van der Waals surface area contributed by atoms with E-state index in [1.807, 2.05) is 0 Å². The Kier molecular flexibility index (Phi) is 49.4. The molecule has 0 aromatic rings. The second-order valence-corrected chi connectivity index (χ2v) is 17.8. The minimum Gasteiger partial charge on any atom is -0.462 e. The predicted molar refractivity (Wildman–Crippen MR) is 270 cm³/mol. The molecule has 0 radical (unpaired) electrons. The van der Waals surface area contributed by atoms with E-state index in [0.29, 0.717) is 19.3 Å². The first kappa shape index (κ1) is 60.1. The van der Waals surface area contributed by atoms with E-state index < -0.39 is 6.10 Å². The SMILES string of the molecule is CCCC/C=C\CCCCCCC(=O)OCC(COC(=O)CCCCCCCCCCCC/C=C\C=C/CCCCC)OC(=O)CCCCC/C=C\C=C/CCCCCCCCC. The highest BCUT2D eigenvalue weighted by Crippen LogP contribution is 2.14. The summed E-state index contributed by atoms with van der Waals surface area (Å²) in [5, 5.41) is 0. The van der Waals surface area contributed by atoms with Crippen LogP contribution in [-0.2, 0) is 28.6 Å². The first-order valence-corrected chi connectivity index (χ1v) is 26.8. The molecule has 0 heterocycles. The van der Waals surface area contributed by atoms with E-state index in [2.05, 4.69) is 81.5 Å². The van der Waals surface area contributed by atoms with Crippen LogP contribution in [-0.4, -0.2) is 37.2 Å². The molecule has 0 fully saturated rings. The molecule has 0 aromatic carbocycles. The average Bonchev–Trinajstić information content (AvgIpc) is 3.28. The van der Waals surface area contributed by atoms with Crippen molar-refractivity contribution in [3.05, 3.63) is 60.8 Å². The lowest BCUT2D eigenvalue weighted by Gasteiger charge is -2.18. The number of unbranched alkanes of at least 4 members (excludes halogenated alkanes) is 29. The van der Waals surface area contributed by atoms with Crippen LogP contribution in [0.1, 0.15) is 265 Å². The van der Waals surface area contributed by atoms with E-state index in [9.17, 15) is 14.4 Å². The summed E-state index contributed by atoms with van der Waals surface area (Å²) in [6.07, 6.45) is 63.5.